The molecule has 0 spiro atoms. The van der Waals surface area contributed by atoms with E-state index in [1.54, 1.807) is 17.5 Å². The Balaban J connectivity index is 1.42. The first-order chi connectivity index (χ1) is 12.3. The molecule has 3 aromatic rings. The van der Waals surface area contributed by atoms with E-state index in [9.17, 15) is 4.79 Å². The van der Waals surface area contributed by atoms with Gasteiger partial charge in [-0.2, -0.15) is 5.10 Å². The highest BCUT2D eigenvalue weighted by Crippen LogP contribution is 2.31. The van der Waals surface area contributed by atoms with Crippen molar-refractivity contribution in [3.8, 4) is 11.1 Å². The number of H-pyrrole nitrogens is 1. The second-order valence-electron chi connectivity index (χ2n) is 6.11. The minimum Gasteiger partial charge on any atom is -0.317 e. The number of hydrogen-bond acceptors (Lipinski definition) is 5. The number of aromatic nitrogens is 3. The fraction of sp³-hybridized carbons (Fsp3) is 0.278. The molecule has 1 aliphatic rings. The molecule has 6 nitrogen and oxygen atoms in total. The average molecular weight is 353 g/mol. The number of carbonyl (C=O) groups excluding carboxylic acids is 1. The van der Waals surface area contributed by atoms with Crippen LogP contribution in [-0.4, -0.2) is 34.2 Å². The molecule has 0 unspecified atom stereocenters. The highest BCUT2D eigenvalue weighted by atomic mass is 32.1. The number of amides is 1. The standard InChI is InChI=1S/C18H19N5OS/c24-17(14-3-1-12(2-4-14)15-9-21-22-10-15)23-18-20-11-16(25-18)13-5-7-19-8-6-13/h1-4,9-11,13,19H,5-8H2,(H,21,22)(H,20,23,24). The van der Waals surface area contributed by atoms with Gasteiger partial charge in [-0.15, -0.1) is 11.3 Å². The van der Waals surface area contributed by atoms with E-state index in [0.29, 0.717) is 16.6 Å². The molecule has 1 saturated heterocycles. The first-order valence-electron chi connectivity index (χ1n) is 8.36. The molecule has 7 heteroatoms. The smallest absolute Gasteiger partial charge is 0.257 e. The maximum absolute atomic E-state index is 12.4. The van der Waals surface area contributed by atoms with Crippen molar-refractivity contribution in [2.75, 3.05) is 18.4 Å². The van der Waals surface area contributed by atoms with Gasteiger partial charge in [0.1, 0.15) is 0 Å². The average Bonchev–Trinajstić information content (AvgIpc) is 3.35. The van der Waals surface area contributed by atoms with Gasteiger partial charge in [0.25, 0.3) is 5.91 Å². The third kappa shape index (κ3) is 3.62. The van der Waals surface area contributed by atoms with Crippen molar-refractivity contribution in [3.63, 3.8) is 0 Å². The maximum atomic E-state index is 12.4. The monoisotopic (exact) mass is 353 g/mol. The minimum atomic E-state index is -0.134. The predicted molar refractivity (Wildman–Crippen MR) is 98.9 cm³/mol. The van der Waals surface area contributed by atoms with Gasteiger partial charge in [0.15, 0.2) is 5.13 Å². The number of piperidine rings is 1. The third-order valence-corrected chi connectivity index (χ3v) is 5.54. The predicted octanol–water partition coefficient (Wildman–Crippen LogP) is 3.25. The van der Waals surface area contributed by atoms with Crippen LogP contribution in [0.15, 0.2) is 42.9 Å². The molecular weight excluding hydrogens is 334 g/mol. The molecule has 4 rings (SSSR count). The lowest BCUT2D eigenvalue weighted by molar-refractivity contribution is 0.102. The van der Waals surface area contributed by atoms with Crippen LogP contribution in [0.25, 0.3) is 11.1 Å². The Morgan fingerprint density at radius 3 is 2.64 bits per heavy atom. The number of benzene rings is 1. The Labute approximate surface area is 149 Å². The van der Waals surface area contributed by atoms with Gasteiger partial charge >= 0.3 is 0 Å². The number of nitrogens with zero attached hydrogens (tertiary/aromatic N) is 2. The van der Waals surface area contributed by atoms with E-state index < -0.39 is 0 Å². The van der Waals surface area contributed by atoms with Gasteiger partial charge in [0, 0.05) is 28.4 Å². The quantitative estimate of drug-likeness (QED) is 0.672. The summed E-state index contributed by atoms with van der Waals surface area (Å²) in [6.07, 6.45) is 7.74. The second kappa shape index (κ2) is 7.16. The molecule has 25 heavy (non-hydrogen) atoms. The van der Waals surface area contributed by atoms with Gasteiger partial charge < -0.3 is 5.32 Å². The second-order valence-corrected chi connectivity index (χ2v) is 7.17. The number of anilines is 1. The zero-order valence-electron chi connectivity index (χ0n) is 13.7. The maximum Gasteiger partial charge on any atom is 0.257 e. The Bertz CT molecular complexity index is 835. The summed E-state index contributed by atoms with van der Waals surface area (Å²) < 4.78 is 0. The highest BCUT2D eigenvalue weighted by Gasteiger charge is 2.18. The summed E-state index contributed by atoms with van der Waals surface area (Å²) >= 11 is 1.58. The first-order valence-corrected chi connectivity index (χ1v) is 9.18. The van der Waals surface area contributed by atoms with Crippen LogP contribution in [-0.2, 0) is 0 Å². The van der Waals surface area contributed by atoms with Crippen LogP contribution in [0, 0.1) is 0 Å². The van der Waals surface area contributed by atoms with Gasteiger partial charge in [-0.25, -0.2) is 4.98 Å². The number of aromatic amines is 1. The molecule has 0 atom stereocenters. The van der Waals surface area contributed by atoms with Gasteiger partial charge in [-0.1, -0.05) is 12.1 Å². The van der Waals surface area contributed by atoms with Crippen LogP contribution in [0.3, 0.4) is 0 Å². The summed E-state index contributed by atoms with van der Waals surface area (Å²) in [6, 6.07) is 7.47. The summed E-state index contributed by atoms with van der Waals surface area (Å²) in [5.74, 6) is 0.420. The van der Waals surface area contributed by atoms with Crippen molar-refractivity contribution < 1.29 is 4.79 Å². The number of thiazole rings is 1. The highest BCUT2D eigenvalue weighted by molar-refractivity contribution is 7.15. The molecule has 0 saturated carbocycles. The van der Waals surface area contributed by atoms with Gasteiger partial charge in [0.05, 0.1) is 6.20 Å². The number of carbonyl (C=O) groups is 1. The van der Waals surface area contributed by atoms with E-state index in [4.69, 9.17) is 0 Å². The normalized spacial score (nSPS) is 15.2. The Hall–Kier alpha value is -2.51. The van der Waals surface area contributed by atoms with Crippen molar-refractivity contribution in [2.24, 2.45) is 0 Å². The summed E-state index contributed by atoms with van der Waals surface area (Å²) in [7, 11) is 0. The number of rotatable bonds is 4. The van der Waals surface area contributed by atoms with Gasteiger partial charge in [-0.3, -0.25) is 15.2 Å². The lowest BCUT2D eigenvalue weighted by Gasteiger charge is -2.20. The van der Waals surface area contributed by atoms with E-state index >= 15 is 0 Å². The summed E-state index contributed by atoms with van der Waals surface area (Å²) in [4.78, 5) is 18.0. The third-order valence-electron chi connectivity index (χ3n) is 4.46. The zero-order valence-corrected chi connectivity index (χ0v) is 14.5. The number of nitrogens with one attached hydrogen (secondary N) is 3. The van der Waals surface area contributed by atoms with Crippen molar-refractivity contribution >= 4 is 22.4 Å². The summed E-state index contributed by atoms with van der Waals surface area (Å²) in [6.45, 7) is 2.10. The van der Waals surface area contributed by atoms with Crippen LogP contribution in [0.1, 0.15) is 34.0 Å². The molecular formula is C18H19N5OS. The minimum absolute atomic E-state index is 0.134. The molecule has 0 bridgehead atoms. The molecule has 1 aliphatic heterocycles. The lowest BCUT2D eigenvalue weighted by atomic mass is 9.97. The van der Waals surface area contributed by atoms with E-state index in [2.05, 4.69) is 25.8 Å². The van der Waals surface area contributed by atoms with E-state index in [1.807, 2.05) is 36.7 Å². The first kappa shape index (κ1) is 16.0. The Morgan fingerprint density at radius 1 is 1.12 bits per heavy atom. The molecule has 0 aliphatic carbocycles. The van der Waals surface area contributed by atoms with Crippen LogP contribution in [0.5, 0.6) is 0 Å². The van der Waals surface area contributed by atoms with Crippen molar-refractivity contribution in [2.45, 2.75) is 18.8 Å². The molecule has 3 N–H and O–H groups in total. The largest absolute Gasteiger partial charge is 0.317 e. The molecule has 1 fully saturated rings. The summed E-state index contributed by atoms with van der Waals surface area (Å²) in [5.41, 5.74) is 2.64. The van der Waals surface area contributed by atoms with Crippen LogP contribution < -0.4 is 10.6 Å². The van der Waals surface area contributed by atoms with Crippen LogP contribution >= 0.6 is 11.3 Å². The Kier molecular flexibility index (Phi) is 4.58. The molecule has 1 aromatic carbocycles. The van der Waals surface area contributed by atoms with Crippen LogP contribution in [0.4, 0.5) is 5.13 Å². The van der Waals surface area contributed by atoms with Crippen molar-refractivity contribution in [3.05, 3.63) is 53.3 Å². The molecule has 0 radical (unpaired) electrons. The van der Waals surface area contributed by atoms with E-state index in [0.717, 1.165) is 37.1 Å². The summed E-state index contributed by atoms with van der Waals surface area (Å²) in [5, 5.41) is 13.7. The Morgan fingerprint density at radius 2 is 1.92 bits per heavy atom. The van der Waals surface area contributed by atoms with E-state index in [1.165, 1.54) is 4.88 Å². The van der Waals surface area contributed by atoms with Crippen LogP contribution in [0.2, 0.25) is 0 Å². The molecule has 2 aromatic heterocycles. The topological polar surface area (TPSA) is 82.7 Å². The number of hydrogen-bond donors (Lipinski definition) is 3. The molecule has 3 heterocycles. The van der Waals surface area contributed by atoms with Crippen molar-refractivity contribution in [1.29, 1.82) is 0 Å². The van der Waals surface area contributed by atoms with Gasteiger partial charge in [-0.05, 0) is 49.5 Å². The molecule has 128 valence electrons. The van der Waals surface area contributed by atoms with Crippen molar-refractivity contribution in [1.82, 2.24) is 20.5 Å². The van der Waals surface area contributed by atoms with Gasteiger partial charge in [0.2, 0.25) is 0 Å². The zero-order chi connectivity index (χ0) is 17.1. The fourth-order valence-corrected chi connectivity index (χ4v) is 4.01. The van der Waals surface area contributed by atoms with E-state index in [-0.39, 0.29) is 5.91 Å². The SMILES string of the molecule is O=C(Nc1ncc(C2CCNCC2)s1)c1ccc(-c2cn[nH]c2)cc1. The fourth-order valence-electron chi connectivity index (χ4n) is 3.03. The lowest BCUT2D eigenvalue weighted by Crippen LogP contribution is -2.26. The molecule has 1 amide bonds.